The van der Waals surface area contributed by atoms with Crippen LogP contribution in [0.25, 0.3) is 0 Å². The lowest BCUT2D eigenvalue weighted by Crippen LogP contribution is -2.32. The first-order valence-electron chi connectivity index (χ1n) is 5.68. The van der Waals surface area contributed by atoms with Crippen molar-refractivity contribution in [2.75, 3.05) is 18.8 Å². The molecule has 1 aromatic carbocycles. The number of nitrogens with zero attached hydrogens (tertiary/aromatic N) is 2. The SMILES string of the molecule is CCN(CCC#N)S(=O)(=O)Cc1ccc(N)cc1. The minimum Gasteiger partial charge on any atom is -0.399 e. The minimum atomic E-state index is -3.37. The highest BCUT2D eigenvalue weighted by molar-refractivity contribution is 7.88. The number of anilines is 1. The highest BCUT2D eigenvalue weighted by atomic mass is 32.2. The number of hydrogen-bond donors (Lipinski definition) is 1. The molecular formula is C12H17N3O2S. The lowest BCUT2D eigenvalue weighted by molar-refractivity contribution is 0.434. The Morgan fingerprint density at radius 2 is 1.94 bits per heavy atom. The van der Waals surface area contributed by atoms with Gasteiger partial charge in [-0.05, 0) is 17.7 Å². The Morgan fingerprint density at radius 3 is 2.44 bits per heavy atom. The van der Waals surface area contributed by atoms with E-state index in [2.05, 4.69) is 0 Å². The van der Waals surface area contributed by atoms with Gasteiger partial charge in [-0.2, -0.15) is 5.26 Å². The van der Waals surface area contributed by atoms with Crippen LogP contribution in [0, 0.1) is 11.3 Å². The van der Waals surface area contributed by atoms with Crippen LogP contribution in [0.15, 0.2) is 24.3 Å². The predicted octanol–water partition coefficient (Wildman–Crippen LogP) is 1.33. The van der Waals surface area contributed by atoms with Crippen LogP contribution in [0.3, 0.4) is 0 Å². The van der Waals surface area contributed by atoms with Crippen LogP contribution in [0.4, 0.5) is 5.69 Å². The van der Waals surface area contributed by atoms with Gasteiger partial charge in [-0.15, -0.1) is 0 Å². The topological polar surface area (TPSA) is 87.2 Å². The fraction of sp³-hybridized carbons (Fsp3) is 0.417. The maximum Gasteiger partial charge on any atom is 0.218 e. The first kappa shape index (κ1) is 14.5. The van der Waals surface area contributed by atoms with Crippen molar-refractivity contribution in [1.82, 2.24) is 4.31 Å². The monoisotopic (exact) mass is 267 g/mol. The van der Waals surface area contributed by atoms with Crippen LogP contribution in [-0.2, 0) is 15.8 Å². The molecule has 0 spiro atoms. The molecule has 0 heterocycles. The van der Waals surface area contributed by atoms with Crippen molar-refractivity contribution >= 4 is 15.7 Å². The molecule has 0 radical (unpaired) electrons. The smallest absolute Gasteiger partial charge is 0.218 e. The molecule has 1 aromatic rings. The molecule has 98 valence electrons. The molecule has 1 rings (SSSR count). The number of benzene rings is 1. The Bertz CT molecular complexity index is 517. The van der Waals surface area contributed by atoms with E-state index in [0.29, 0.717) is 17.8 Å². The van der Waals surface area contributed by atoms with Gasteiger partial charge in [0.05, 0.1) is 11.8 Å². The van der Waals surface area contributed by atoms with Gasteiger partial charge in [-0.3, -0.25) is 0 Å². The zero-order chi connectivity index (χ0) is 13.6. The summed E-state index contributed by atoms with van der Waals surface area (Å²) in [6, 6.07) is 8.71. The third kappa shape index (κ3) is 4.02. The summed E-state index contributed by atoms with van der Waals surface area (Å²) in [5, 5.41) is 8.51. The molecule has 0 aliphatic heterocycles. The van der Waals surface area contributed by atoms with E-state index < -0.39 is 10.0 Å². The molecule has 5 nitrogen and oxygen atoms in total. The summed E-state index contributed by atoms with van der Waals surface area (Å²) < 4.78 is 25.5. The molecule has 0 saturated carbocycles. The molecule has 18 heavy (non-hydrogen) atoms. The van der Waals surface area contributed by atoms with Gasteiger partial charge in [0.25, 0.3) is 0 Å². The second-order valence-electron chi connectivity index (χ2n) is 3.90. The summed E-state index contributed by atoms with van der Waals surface area (Å²) in [7, 11) is -3.37. The molecule has 0 atom stereocenters. The zero-order valence-corrected chi connectivity index (χ0v) is 11.2. The second-order valence-corrected chi connectivity index (χ2v) is 5.87. The van der Waals surface area contributed by atoms with Crippen LogP contribution in [0.2, 0.25) is 0 Å². The molecule has 0 fully saturated rings. The van der Waals surface area contributed by atoms with E-state index in [1.165, 1.54) is 4.31 Å². The maximum atomic E-state index is 12.1. The third-order valence-corrected chi connectivity index (χ3v) is 4.47. The Kier molecular flexibility index (Phi) is 5.13. The van der Waals surface area contributed by atoms with E-state index in [-0.39, 0.29) is 18.7 Å². The molecule has 2 N–H and O–H groups in total. The fourth-order valence-corrected chi connectivity index (χ4v) is 3.14. The van der Waals surface area contributed by atoms with Gasteiger partial charge in [0.1, 0.15) is 0 Å². The molecule has 0 aromatic heterocycles. The second kappa shape index (κ2) is 6.38. The summed E-state index contributed by atoms with van der Waals surface area (Å²) in [6.07, 6.45) is 0.203. The predicted molar refractivity (Wildman–Crippen MR) is 71.0 cm³/mol. The van der Waals surface area contributed by atoms with Crippen molar-refractivity contribution in [1.29, 1.82) is 5.26 Å². The van der Waals surface area contributed by atoms with E-state index in [1.54, 1.807) is 31.2 Å². The number of sulfonamides is 1. The van der Waals surface area contributed by atoms with Gasteiger partial charge in [0, 0.05) is 25.2 Å². The average Bonchev–Trinajstić information content (AvgIpc) is 2.32. The Labute approximate surface area is 108 Å². The molecule has 0 bridgehead atoms. The largest absolute Gasteiger partial charge is 0.399 e. The summed E-state index contributed by atoms with van der Waals surface area (Å²) in [5.74, 6) is -0.0629. The van der Waals surface area contributed by atoms with E-state index in [0.717, 1.165) is 0 Å². The first-order chi connectivity index (χ1) is 8.49. The van der Waals surface area contributed by atoms with Crippen molar-refractivity contribution in [3.8, 4) is 6.07 Å². The third-order valence-electron chi connectivity index (χ3n) is 2.55. The van der Waals surface area contributed by atoms with E-state index >= 15 is 0 Å². The van der Waals surface area contributed by atoms with Crippen molar-refractivity contribution in [3.63, 3.8) is 0 Å². The standard InChI is InChI=1S/C12H17N3O2S/c1-2-15(9-3-8-13)18(16,17)10-11-4-6-12(14)7-5-11/h4-7H,2-3,9-10,14H2,1H3. The van der Waals surface area contributed by atoms with Crippen LogP contribution in [-0.4, -0.2) is 25.8 Å². The quantitative estimate of drug-likeness (QED) is 0.788. The van der Waals surface area contributed by atoms with Crippen LogP contribution in [0.1, 0.15) is 18.9 Å². The minimum absolute atomic E-state index is 0.0629. The zero-order valence-electron chi connectivity index (χ0n) is 10.3. The molecule has 0 unspecified atom stereocenters. The van der Waals surface area contributed by atoms with Gasteiger partial charge in [-0.25, -0.2) is 12.7 Å². The van der Waals surface area contributed by atoms with Crippen LogP contribution < -0.4 is 5.73 Å². The average molecular weight is 267 g/mol. The number of nitriles is 1. The lowest BCUT2D eigenvalue weighted by Gasteiger charge is -2.19. The van der Waals surface area contributed by atoms with Gasteiger partial charge in [-0.1, -0.05) is 19.1 Å². The van der Waals surface area contributed by atoms with Crippen molar-refractivity contribution < 1.29 is 8.42 Å². The fourth-order valence-electron chi connectivity index (χ4n) is 1.58. The number of rotatable bonds is 6. The van der Waals surface area contributed by atoms with Gasteiger partial charge < -0.3 is 5.73 Å². The van der Waals surface area contributed by atoms with E-state index in [1.807, 2.05) is 6.07 Å². The Hall–Kier alpha value is -1.58. The highest BCUT2D eigenvalue weighted by Crippen LogP contribution is 2.13. The van der Waals surface area contributed by atoms with Crippen molar-refractivity contribution in [3.05, 3.63) is 29.8 Å². The molecule has 6 heteroatoms. The maximum absolute atomic E-state index is 12.1. The van der Waals surface area contributed by atoms with Gasteiger partial charge in [0.15, 0.2) is 0 Å². The van der Waals surface area contributed by atoms with Gasteiger partial charge >= 0.3 is 0 Å². The summed E-state index contributed by atoms with van der Waals surface area (Å²) in [6.45, 7) is 2.38. The normalized spacial score (nSPS) is 11.4. The van der Waals surface area contributed by atoms with Crippen LogP contribution >= 0.6 is 0 Å². The lowest BCUT2D eigenvalue weighted by atomic mass is 10.2. The Balaban J connectivity index is 2.80. The summed E-state index contributed by atoms with van der Waals surface area (Å²) >= 11 is 0. The molecule has 0 aliphatic carbocycles. The van der Waals surface area contributed by atoms with E-state index in [9.17, 15) is 8.42 Å². The molecular weight excluding hydrogens is 250 g/mol. The van der Waals surface area contributed by atoms with Crippen LogP contribution in [0.5, 0.6) is 0 Å². The van der Waals surface area contributed by atoms with Crippen molar-refractivity contribution in [2.24, 2.45) is 0 Å². The number of nitrogens with two attached hydrogens (primary N) is 1. The molecule has 0 saturated heterocycles. The van der Waals surface area contributed by atoms with Gasteiger partial charge in [0.2, 0.25) is 10.0 Å². The number of hydrogen-bond acceptors (Lipinski definition) is 4. The number of nitrogen functional groups attached to an aromatic ring is 1. The summed E-state index contributed by atoms with van der Waals surface area (Å²) in [5.41, 5.74) is 6.84. The van der Waals surface area contributed by atoms with E-state index in [4.69, 9.17) is 11.0 Å². The first-order valence-corrected chi connectivity index (χ1v) is 7.29. The highest BCUT2D eigenvalue weighted by Gasteiger charge is 2.20. The molecule has 0 amide bonds. The van der Waals surface area contributed by atoms with Crippen molar-refractivity contribution in [2.45, 2.75) is 19.1 Å². The Morgan fingerprint density at radius 1 is 1.33 bits per heavy atom. The molecule has 0 aliphatic rings. The summed E-state index contributed by atoms with van der Waals surface area (Å²) in [4.78, 5) is 0.